The summed E-state index contributed by atoms with van der Waals surface area (Å²) in [7, 11) is 2.66. The highest BCUT2D eigenvalue weighted by Gasteiger charge is 2.18. The molecule has 14 nitrogen and oxygen atoms in total. The van der Waals surface area contributed by atoms with Crippen LogP contribution in [-0.4, -0.2) is 62.4 Å². The molecule has 4 aromatic rings. The molecule has 0 unspecified atom stereocenters. The predicted octanol–water partition coefficient (Wildman–Crippen LogP) is 5.90. The zero-order valence-electron chi connectivity index (χ0n) is 26.8. The van der Waals surface area contributed by atoms with Gasteiger partial charge in [0.2, 0.25) is 0 Å². The Labute approximate surface area is 281 Å². The van der Waals surface area contributed by atoms with Gasteiger partial charge in [0.05, 0.1) is 44.1 Å². The van der Waals surface area contributed by atoms with Gasteiger partial charge in [0.15, 0.2) is 0 Å². The maximum Gasteiger partial charge on any atom is 0.337 e. The first kappa shape index (κ1) is 37.7. The number of rotatable bonds is 17. The number of ether oxygens (including phenoxy) is 3. The zero-order valence-corrected chi connectivity index (χ0v) is 26.8. The molecule has 0 aliphatic rings. The van der Waals surface area contributed by atoms with Crippen molar-refractivity contribution in [2.24, 2.45) is 0 Å². The van der Waals surface area contributed by atoms with E-state index in [1.165, 1.54) is 26.4 Å². The molecule has 258 valence electrons. The Hall–Kier alpha value is -5.80. The number of benzene rings is 4. The van der Waals surface area contributed by atoms with E-state index in [4.69, 9.17) is 29.1 Å². The Bertz CT molecular complexity index is 1680. The Morgan fingerprint density at radius 1 is 0.755 bits per heavy atom. The van der Waals surface area contributed by atoms with Crippen molar-refractivity contribution in [3.05, 3.63) is 113 Å². The molecule has 0 aliphatic carbocycles. The van der Waals surface area contributed by atoms with Crippen molar-refractivity contribution in [2.75, 3.05) is 38.1 Å². The summed E-state index contributed by atoms with van der Waals surface area (Å²) in [4.78, 5) is 58.1. The van der Waals surface area contributed by atoms with Gasteiger partial charge in [-0.05, 0) is 78.4 Å². The summed E-state index contributed by atoms with van der Waals surface area (Å²) in [5.41, 5.74) is 3.21. The van der Waals surface area contributed by atoms with Crippen LogP contribution in [0.2, 0.25) is 0 Å². The van der Waals surface area contributed by atoms with E-state index >= 15 is 0 Å². The molecule has 0 saturated carbocycles. The van der Waals surface area contributed by atoms with Crippen LogP contribution in [0.4, 0.5) is 17.1 Å². The van der Waals surface area contributed by atoms with E-state index in [2.05, 4.69) is 20.4 Å². The molecule has 4 rings (SSSR count). The molecule has 0 atom stereocenters. The number of methoxy groups -OCH3 is 1. The maximum atomic E-state index is 12.9. The van der Waals surface area contributed by atoms with Gasteiger partial charge >= 0.3 is 11.9 Å². The molecular weight excluding hydrogens is 640 g/mol. The van der Waals surface area contributed by atoms with Crippen molar-refractivity contribution in [3.63, 3.8) is 0 Å². The fourth-order valence-corrected chi connectivity index (χ4v) is 4.38. The lowest BCUT2D eigenvalue weighted by Crippen LogP contribution is -2.17. The van der Waals surface area contributed by atoms with Crippen LogP contribution in [-0.2, 0) is 37.4 Å². The third-order valence-corrected chi connectivity index (χ3v) is 6.73. The van der Waals surface area contributed by atoms with Gasteiger partial charge in [-0.15, -0.1) is 0 Å². The number of carbonyl (C=O) groups is 4. The second kappa shape index (κ2) is 19.8. The molecule has 0 saturated heterocycles. The van der Waals surface area contributed by atoms with Crippen LogP contribution in [0.5, 0.6) is 11.5 Å². The number of carboxylic acids is 1. The van der Waals surface area contributed by atoms with Crippen LogP contribution >= 0.6 is 0 Å². The van der Waals surface area contributed by atoms with Crippen molar-refractivity contribution >= 4 is 41.7 Å². The molecule has 4 aromatic carbocycles. The number of aromatic carboxylic acids is 1. The number of esters is 1. The highest BCUT2D eigenvalue weighted by atomic mass is 17.2. The Balaban J connectivity index is 0.00000319. The molecule has 0 aliphatic heterocycles. The lowest BCUT2D eigenvalue weighted by Gasteiger charge is -2.13. The van der Waals surface area contributed by atoms with Gasteiger partial charge in [-0.2, -0.15) is 0 Å². The van der Waals surface area contributed by atoms with Crippen LogP contribution in [0.1, 0.15) is 48.6 Å². The van der Waals surface area contributed by atoms with Crippen LogP contribution in [0, 0.1) is 0 Å². The minimum absolute atomic E-state index is 0.00589. The van der Waals surface area contributed by atoms with Gasteiger partial charge in [-0.25, -0.2) is 24.3 Å². The van der Waals surface area contributed by atoms with Gasteiger partial charge in [-0.3, -0.25) is 10.1 Å². The summed E-state index contributed by atoms with van der Waals surface area (Å²) >= 11 is 0. The van der Waals surface area contributed by atoms with E-state index in [0.29, 0.717) is 59.2 Å². The molecule has 0 radical (unpaired) electrons. The van der Waals surface area contributed by atoms with Crippen LogP contribution < -0.4 is 20.1 Å². The molecular formula is C35H36N2O12. The number of carbonyl (C=O) groups excluding carboxylic acids is 3. The Morgan fingerprint density at radius 3 is 1.96 bits per heavy atom. The molecule has 14 heteroatoms. The number of anilines is 3. The summed E-state index contributed by atoms with van der Waals surface area (Å²) < 4.78 is 16.4. The minimum Gasteiger partial charge on any atom is -0.493 e. The molecule has 1 amide bonds. The second-order valence-corrected chi connectivity index (χ2v) is 9.93. The Kier molecular flexibility index (Phi) is 15.2. The molecule has 0 fully saturated rings. The van der Waals surface area contributed by atoms with E-state index in [-0.39, 0.29) is 24.3 Å². The fraction of sp³-hybridized carbons (Fsp3) is 0.200. The third-order valence-electron chi connectivity index (χ3n) is 6.73. The van der Waals surface area contributed by atoms with Crippen molar-refractivity contribution in [1.29, 1.82) is 0 Å². The smallest absolute Gasteiger partial charge is 0.337 e. The molecule has 4 N–H and O–H groups in total. The largest absolute Gasteiger partial charge is 0.493 e. The first-order chi connectivity index (χ1) is 23.8. The summed E-state index contributed by atoms with van der Waals surface area (Å²) in [6.45, 7) is 2.78. The second-order valence-electron chi connectivity index (χ2n) is 9.93. The van der Waals surface area contributed by atoms with Gasteiger partial charge < -0.3 is 34.7 Å². The van der Waals surface area contributed by atoms with E-state index < -0.39 is 17.8 Å². The van der Waals surface area contributed by atoms with Crippen LogP contribution in [0.3, 0.4) is 0 Å². The van der Waals surface area contributed by atoms with E-state index in [1.54, 1.807) is 60.7 Å². The van der Waals surface area contributed by atoms with Gasteiger partial charge in [0, 0.05) is 29.0 Å². The average molecular weight is 677 g/mol. The van der Waals surface area contributed by atoms with Gasteiger partial charge in [-0.1, -0.05) is 12.1 Å². The summed E-state index contributed by atoms with van der Waals surface area (Å²) in [5, 5.41) is 24.3. The molecule has 0 bridgehead atoms. The fourth-order valence-electron chi connectivity index (χ4n) is 4.38. The summed E-state index contributed by atoms with van der Waals surface area (Å²) in [6.07, 6.45) is 0.602. The van der Waals surface area contributed by atoms with E-state index in [9.17, 15) is 19.5 Å². The SMILES string of the molecule is C=O.COOCc1ccc(C(=O)O)c(C(=O)Nc2ccc(OCCCOc3ccc(Nc4cc(C(=O)OC)ccc4COO)cc3)cc2)c1. The van der Waals surface area contributed by atoms with Crippen molar-refractivity contribution < 1.29 is 58.4 Å². The zero-order chi connectivity index (χ0) is 35.6. The average Bonchev–Trinajstić information content (AvgIpc) is 3.13. The van der Waals surface area contributed by atoms with Crippen molar-refractivity contribution in [2.45, 2.75) is 19.6 Å². The summed E-state index contributed by atoms with van der Waals surface area (Å²) in [5.74, 6) is -1.04. The van der Waals surface area contributed by atoms with Crippen LogP contribution in [0.15, 0.2) is 84.9 Å². The molecule has 0 aromatic heterocycles. The number of carboxylic acid groups (broad SMARTS) is 1. The Morgan fingerprint density at radius 2 is 1.39 bits per heavy atom. The number of amides is 1. The molecule has 49 heavy (non-hydrogen) atoms. The number of hydrogen-bond acceptors (Lipinski definition) is 12. The standard InChI is InChI=1S/C34H34N2O11.CH2O/c1-42-34(40)23-5-6-24(21-46-41)31(19-23)35-25-7-11-27(12-8-25)44-16-3-17-45-28-13-9-26(10-14-28)36-32(37)30-18-22(20-47-43-2)4-15-29(30)33(38)39;1-2/h4-15,18-19,35,41H,3,16-17,20-21H2,1-2H3,(H,36,37)(H,38,39);1H2. The number of nitrogens with one attached hydrogen (secondary N) is 2. The third kappa shape index (κ3) is 11.4. The highest BCUT2D eigenvalue weighted by Crippen LogP contribution is 2.26. The lowest BCUT2D eigenvalue weighted by atomic mass is 10.0. The first-order valence-corrected chi connectivity index (χ1v) is 14.6. The quantitative estimate of drug-likeness (QED) is 0.0448. The molecule has 0 heterocycles. The van der Waals surface area contributed by atoms with Gasteiger partial charge in [0.1, 0.15) is 31.5 Å². The predicted molar refractivity (Wildman–Crippen MR) is 177 cm³/mol. The van der Waals surface area contributed by atoms with E-state index in [1.807, 2.05) is 18.9 Å². The minimum atomic E-state index is -1.22. The topological polar surface area (TPSA) is 188 Å². The van der Waals surface area contributed by atoms with Crippen LogP contribution in [0.25, 0.3) is 0 Å². The van der Waals surface area contributed by atoms with Crippen molar-refractivity contribution in [1.82, 2.24) is 0 Å². The molecule has 0 spiro atoms. The van der Waals surface area contributed by atoms with Crippen molar-refractivity contribution in [3.8, 4) is 11.5 Å². The maximum absolute atomic E-state index is 12.9. The highest BCUT2D eigenvalue weighted by molar-refractivity contribution is 6.10. The monoisotopic (exact) mass is 676 g/mol. The summed E-state index contributed by atoms with van der Waals surface area (Å²) in [6, 6.07) is 23.1. The van der Waals surface area contributed by atoms with Gasteiger partial charge in [0.25, 0.3) is 5.91 Å². The number of hydrogen-bond donors (Lipinski definition) is 4. The lowest BCUT2D eigenvalue weighted by molar-refractivity contribution is -0.282. The normalized spacial score (nSPS) is 10.3. The van der Waals surface area contributed by atoms with E-state index in [0.717, 1.165) is 5.69 Å². The first-order valence-electron chi connectivity index (χ1n) is 14.6.